The van der Waals surface area contributed by atoms with Crippen LogP contribution in [0, 0.1) is 0 Å². The number of nitrogens with zero attached hydrogens (tertiary/aromatic N) is 1. The van der Waals surface area contributed by atoms with E-state index in [2.05, 4.69) is 20.9 Å². The smallest absolute Gasteiger partial charge is 0.139 e. The molecular weight excluding hydrogens is 257 g/mol. The van der Waals surface area contributed by atoms with E-state index in [4.69, 9.17) is 21.1 Å². The van der Waals surface area contributed by atoms with Crippen LogP contribution >= 0.6 is 27.5 Å². The van der Waals surface area contributed by atoms with Gasteiger partial charge in [0.1, 0.15) is 17.0 Å². The summed E-state index contributed by atoms with van der Waals surface area (Å²) in [5.41, 5.74) is 0. The number of rotatable bonds is 4. The lowest BCUT2D eigenvalue weighted by Gasteiger charge is -2.05. The Balaban J connectivity index is 2.53. The van der Waals surface area contributed by atoms with Gasteiger partial charge in [0.05, 0.1) is 17.8 Å². The summed E-state index contributed by atoms with van der Waals surface area (Å²) in [4.78, 5) is 3.98. The first-order chi connectivity index (χ1) is 6.24. The third-order valence-electron chi connectivity index (χ3n) is 1.33. The second-order valence-corrected chi connectivity index (χ2v) is 3.44. The van der Waals surface area contributed by atoms with Crippen LogP contribution in [0.1, 0.15) is 0 Å². The zero-order valence-electron chi connectivity index (χ0n) is 7.09. The molecule has 0 atom stereocenters. The second-order valence-electron chi connectivity index (χ2n) is 2.28. The van der Waals surface area contributed by atoms with E-state index in [0.717, 1.165) is 0 Å². The molecule has 0 unspecified atom stereocenters. The van der Waals surface area contributed by atoms with Crippen LogP contribution in [-0.4, -0.2) is 25.3 Å². The first kappa shape index (κ1) is 10.8. The first-order valence-corrected chi connectivity index (χ1v) is 4.84. The molecule has 0 fully saturated rings. The first-order valence-electron chi connectivity index (χ1n) is 3.67. The van der Waals surface area contributed by atoms with Crippen molar-refractivity contribution in [2.24, 2.45) is 0 Å². The van der Waals surface area contributed by atoms with Crippen molar-refractivity contribution < 1.29 is 9.47 Å². The minimum Gasteiger partial charge on any atom is -0.490 e. The maximum Gasteiger partial charge on any atom is 0.139 e. The topological polar surface area (TPSA) is 31.4 Å². The van der Waals surface area contributed by atoms with E-state index in [1.54, 1.807) is 19.4 Å². The van der Waals surface area contributed by atoms with Crippen molar-refractivity contribution in [1.82, 2.24) is 4.98 Å². The van der Waals surface area contributed by atoms with E-state index in [1.165, 1.54) is 0 Å². The Morgan fingerprint density at radius 1 is 1.54 bits per heavy atom. The monoisotopic (exact) mass is 265 g/mol. The average molecular weight is 267 g/mol. The third-order valence-corrected chi connectivity index (χ3v) is 2.48. The highest BCUT2D eigenvalue weighted by Gasteiger charge is 2.00. The van der Waals surface area contributed by atoms with Gasteiger partial charge in [-0.25, -0.2) is 4.98 Å². The molecule has 0 saturated heterocycles. The molecule has 0 saturated carbocycles. The van der Waals surface area contributed by atoms with Crippen molar-refractivity contribution in [3.05, 3.63) is 21.9 Å². The van der Waals surface area contributed by atoms with Crippen molar-refractivity contribution in [3.63, 3.8) is 0 Å². The van der Waals surface area contributed by atoms with E-state index in [0.29, 0.717) is 28.6 Å². The summed E-state index contributed by atoms with van der Waals surface area (Å²) in [6.07, 6.45) is 1.60. The Morgan fingerprint density at radius 3 is 2.92 bits per heavy atom. The van der Waals surface area contributed by atoms with E-state index in [1.807, 2.05) is 0 Å². The molecule has 72 valence electrons. The summed E-state index contributed by atoms with van der Waals surface area (Å²) in [5.74, 6) is 0.644. The lowest BCUT2D eigenvalue weighted by Crippen LogP contribution is -2.04. The van der Waals surface area contributed by atoms with E-state index in [9.17, 15) is 0 Å². The Bertz CT molecular complexity index is 283. The summed E-state index contributed by atoms with van der Waals surface area (Å²) in [7, 11) is 1.62. The summed E-state index contributed by atoms with van der Waals surface area (Å²) in [5, 5.41) is 0.537. The van der Waals surface area contributed by atoms with Gasteiger partial charge in [-0.15, -0.1) is 0 Å². The van der Waals surface area contributed by atoms with Crippen molar-refractivity contribution in [1.29, 1.82) is 0 Å². The summed E-state index contributed by atoms with van der Waals surface area (Å²) >= 11 is 8.99. The SMILES string of the molecule is COCCOc1cnc(Br)c(Cl)c1. The standard InChI is InChI=1S/C8H9BrClNO2/c1-12-2-3-13-6-4-7(10)8(9)11-5-6/h4-5H,2-3H2,1H3. The number of hydrogen-bond donors (Lipinski definition) is 0. The summed E-state index contributed by atoms with van der Waals surface area (Å²) in [6.45, 7) is 1.05. The van der Waals surface area contributed by atoms with Gasteiger partial charge in [0.15, 0.2) is 0 Å². The largest absolute Gasteiger partial charge is 0.490 e. The molecule has 0 radical (unpaired) electrons. The zero-order valence-corrected chi connectivity index (χ0v) is 9.43. The number of hydrogen-bond acceptors (Lipinski definition) is 3. The number of methoxy groups -OCH3 is 1. The fourth-order valence-electron chi connectivity index (χ4n) is 0.725. The van der Waals surface area contributed by atoms with Gasteiger partial charge in [-0.1, -0.05) is 11.6 Å². The van der Waals surface area contributed by atoms with E-state index in [-0.39, 0.29) is 0 Å². The molecule has 0 amide bonds. The van der Waals surface area contributed by atoms with Gasteiger partial charge in [-0.2, -0.15) is 0 Å². The fourth-order valence-corrected chi connectivity index (χ4v) is 1.10. The zero-order chi connectivity index (χ0) is 9.68. The molecule has 3 nitrogen and oxygen atoms in total. The lowest BCUT2D eigenvalue weighted by molar-refractivity contribution is 0.146. The highest BCUT2D eigenvalue weighted by molar-refractivity contribution is 9.10. The van der Waals surface area contributed by atoms with Crippen LogP contribution in [0.3, 0.4) is 0 Å². The molecule has 0 aliphatic rings. The van der Waals surface area contributed by atoms with Crippen LogP contribution in [0.25, 0.3) is 0 Å². The van der Waals surface area contributed by atoms with Crippen LogP contribution in [0.2, 0.25) is 5.02 Å². The van der Waals surface area contributed by atoms with Gasteiger partial charge >= 0.3 is 0 Å². The Hall–Kier alpha value is -0.320. The Morgan fingerprint density at radius 2 is 2.31 bits per heavy atom. The van der Waals surface area contributed by atoms with Gasteiger partial charge < -0.3 is 9.47 Å². The van der Waals surface area contributed by atoms with Crippen LogP contribution < -0.4 is 4.74 Å². The van der Waals surface area contributed by atoms with Gasteiger partial charge in [0, 0.05) is 13.2 Å². The molecule has 0 bridgehead atoms. The van der Waals surface area contributed by atoms with Crippen LogP contribution in [-0.2, 0) is 4.74 Å². The molecule has 1 rings (SSSR count). The predicted octanol–water partition coefficient (Wildman–Crippen LogP) is 2.52. The van der Waals surface area contributed by atoms with Gasteiger partial charge in [0.25, 0.3) is 0 Å². The maximum absolute atomic E-state index is 5.81. The molecule has 0 aromatic carbocycles. The second kappa shape index (κ2) is 5.42. The molecule has 1 aromatic heterocycles. The minimum absolute atomic E-state index is 0.496. The van der Waals surface area contributed by atoms with Crippen molar-refractivity contribution in [3.8, 4) is 5.75 Å². The molecule has 0 spiro atoms. The number of halogens is 2. The summed E-state index contributed by atoms with van der Waals surface area (Å²) in [6, 6.07) is 1.70. The molecular formula is C8H9BrClNO2. The molecule has 0 aliphatic carbocycles. The van der Waals surface area contributed by atoms with Crippen LogP contribution in [0.4, 0.5) is 0 Å². The molecule has 0 aliphatic heterocycles. The molecule has 1 heterocycles. The fraction of sp³-hybridized carbons (Fsp3) is 0.375. The highest BCUT2D eigenvalue weighted by atomic mass is 79.9. The van der Waals surface area contributed by atoms with E-state index >= 15 is 0 Å². The van der Waals surface area contributed by atoms with Gasteiger partial charge in [-0.05, 0) is 15.9 Å². The summed E-state index contributed by atoms with van der Waals surface area (Å²) < 4.78 is 10.7. The maximum atomic E-state index is 5.81. The Kier molecular flexibility index (Phi) is 4.48. The van der Waals surface area contributed by atoms with Gasteiger partial charge in [-0.3, -0.25) is 0 Å². The average Bonchev–Trinajstić information content (AvgIpc) is 2.12. The van der Waals surface area contributed by atoms with E-state index < -0.39 is 0 Å². The van der Waals surface area contributed by atoms with Crippen molar-refractivity contribution >= 4 is 27.5 Å². The van der Waals surface area contributed by atoms with Crippen molar-refractivity contribution in [2.75, 3.05) is 20.3 Å². The normalized spacial score (nSPS) is 10.1. The highest BCUT2D eigenvalue weighted by Crippen LogP contribution is 2.23. The molecule has 0 N–H and O–H groups in total. The molecule has 13 heavy (non-hydrogen) atoms. The number of pyridine rings is 1. The molecule has 5 heteroatoms. The number of aromatic nitrogens is 1. The number of ether oxygens (including phenoxy) is 2. The molecule has 1 aromatic rings. The van der Waals surface area contributed by atoms with Crippen LogP contribution in [0.15, 0.2) is 16.9 Å². The minimum atomic E-state index is 0.496. The van der Waals surface area contributed by atoms with Crippen molar-refractivity contribution in [2.45, 2.75) is 0 Å². The lowest BCUT2D eigenvalue weighted by atomic mass is 10.4. The quantitative estimate of drug-likeness (QED) is 0.620. The Labute approximate surface area is 90.1 Å². The predicted molar refractivity (Wildman–Crippen MR) is 54.3 cm³/mol. The van der Waals surface area contributed by atoms with Gasteiger partial charge in [0.2, 0.25) is 0 Å². The third kappa shape index (κ3) is 3.50. The van der Waals surface area contributed by atoms with Crippen LogP contribution in [0.5, 0.6) is 5.75 Å².